The van der Waals surface area contributed by atoms with E-state index in [0.717, 1.165) is 55.9 Å². The monoisotopic (exact) mass is 488 g/mol. The summed E-state index contributed by atoms with van der Waals surface area (Å²) < 4.78 is 24.6. The Morgan fingerprint density at radius 2 is 1.90 bits per heavy atom. The minimum atomic E-state index is -0.458. The first-order chi connectivity index (χ1) is 14.2. The summed E-state index contributed by atoms with van der Waals surface area (Å²) in [5.41, 5.74) is 1.42. The van der Waals surface area contributed by atoms with Crippen molar-refractivity contribution >= 4 is 58.8 Å². The molecule has 31 heavy (non-hydrogen) atoms. The number of fused-ring (bicyclic) bond motifs is 1. The van der Waals surface area contributed by atoms with Gasteiger partial charge in [0.05, 0.1) is 30.4 Å². The number of ether oxygens (including phenoxy) is 2. The second kappa shape index (κ2) is 12.2. The zero-order valence-electron chi connectivity index (χ0n) is 16.7. The van der Waals surface area contributed by atoms with Gasteiger partial charge in [-0.25, -0.2) is 14.4 Å². The van der Waals surface area contributed by atoms with Crippen molar-refractivity contribution in [1.29, 1.82) is 0 Å². The molecule has 0 saturated carbocycles. The Bertz CT molecular complexity index is 990. The number of nitrogens with zero attached hydrogens (tertiary/aromatic N) is 3. The molecular weight excluding hydrogens is 466 g/mol. The summed E-state index contributed by atoms with van der Waals surface area (Å²) in [6.45, 7) is 5.25. The number of rotatable bonds is 7. The summed E-state index contributed by atoms with van der Waals surface area (Å²) in [4.78, 5) is 11.0. The number of hydrogen-bond donors (Lipinski definition) is 1. The molecule has 0 aliphatic carbocycles. The molecule has 6 nitrogen and oxygen atoms in total. The second-order valence-electron chi connectivity index (χ2n) is 6.81. The summed E-state index contributed by atoms with van der Waals surface area (Å²) >= 11 is 5.86. The van der Waals surface area contributed by atoms with Gasteiger partial charge in [0.2, 0.25) is 0 Å². The quantitative estimate of drug-likeness (QED) is 0.465. The molecule has 0 atom stereocenters. The molecule has 0 unspecified atom stereocenters. The summed E-state index contributed by atoms with van der Waals surface area (Å²) in [5.74, 6) is 0.936. The fourth-order valence-corrected chi connectivity index (χ4v) is 3.42. The van der Waals surface area contributed by atoms with E-state index in [-0.39, 0.29) is 29.8 Å². The number of hydrogen-bond acceptors (Lipinski definition) is 6. The van der Waals surface area contributed by atoms with E-state index in [0.29, 0.717) is 18.1 Å². The van der Waals surface area contributed by atoms with Crippen LogP contribution in [0.1, 0.15) is 6.42 Å². The standard InChI is InChI=1S/C21H22ClFN4O2.2ClH/c22-18-12-15(2-5-19(18)23)26-21-17-4-3-16(13-20(17)24-14-25-21)29-9-1-6-27-7-10-28-11-8-27;;/h2-5,12-14H,1,6-11H2,(H,24,25,26);2*1H. The van der Waals surface area contributed by atoms with Gasteiger partial charge < -0.3 is 14.8 Å². The lowest BCUT2D eigenvalue weighted by molar-refractivity contribution is 0.0358. The predicted molar refractivity (Wildman–Crippen MR) is 126 cm³/mol. The molecule has 0 amide bonds. The number of aromatic nitrogens is 2. The number of halogens is 4. The van der Waals surface area contributed by atoms with Crippen molar-refractivity contribution in [2.24, 2.45) is 0 Å². The molecule has 0 spiro atoms. The summed E-state index contributed by atoms with van der Waals surface area (Å²) in [6.07, 6.45) is 2.44. The van der Waals surface area contributed by atoms with Crippen molar-refractivity contribution in [2.75, 3.05) is 44.8 Å². The molecular formula is C21H24Cl3FN4O2. The molecule has 1 aromatic heterocycles. The molecule has 10 heteroatoms. The van der Waals surface area contributed by atoms with Gasteiger partial charge in [0.25, 0.3) is 0 Å². The van der Waals surface area contributed by atoms with E-state index in [1.165, 1.54) is 18.5 Å². The molecule has 1 aliphatic heterocycles. The van der Waals surface area contributed by atoms with Crippen molar-refractivity contribution in [3.63, 3.8) is 0 Å². The first kappa shape index (κ1) is 25.4. The van der Waals surface area contributed by atoms with Crippen LogP contribution in [0.5, 0.6) is 5.75 Å². The van der Waals surface area contributed by atoms with Crippen molar-refractivity contribution < 1.29 is 13.9 Å². The molecule has 1 fully saturated rings. The van der Waals surface area contributed by atoms with Crippen LogP contribution in [0.2, 0.25) is 5.02 Å². The molecule has 1 saturated heterocycles. The first-order valence-electron chi connectivity index (χ1n) is 9.59. The maximum Gasteiger partial charge on any atom is 0.141 e. The van der Waals surface area contributed by atoms with Gasteiger partial charge >= 0.3 is 0 Å². The first-order valence-corrected chi connectivity index (χ1v) is 9.96. The average molecular weight is 490 g/mol. The Labute approximate surface area is 197 Å². The zero-order valence-corrected chi connectivity index (χ0v) is 19.1. The van der Waals surface area contributed by atoms with E-state index in [1.54, 1.807) is 6.07 Å². The molecule has 1 aliphatic rings. The van der Waals surface area contributed by atoms with Crippen molar-refractivity contribution in [2.45, 2.75) is 6.42 Å². The van der Waals surface area contributed by atoms with Crippen LogP contribution in [0.3, 0.4) is 0 Å². The lowest BCUT2D eigenvalue weighted by atomic mass is 10.2. The van der Waals surface area contributed by atoms with Crippen LogP contribution in [0.25, 0.3) is 10.9 Å². The van der Waals surface area contributed by atoms with Crippen LogP contribution < -0.4 is 10.1 Å². The Hall–Kier alpha value is -1.90. The smallest absolute Gasteiger partial charge is 0.141 e. The van der Waals surface area contributed by atoms with Crippen LogP contribution in [0, 0.1) is 5.82 Å². The number of benzene rings is 2. The van der Waals surface area contributed by atoms with Crippen LogP contribution >= 0.6 is 36.4 Å². The summed E-state index contributed by atoms with van der Waals surface area (Å²) in [7, 11) is 0. The van der Waals surface area contributed by atoms with Crippen molar-refractivity contribution in [1.82, 2.24) is 14.9 Å². The largest absolute Gasteiger partial charge is 0.493 e. The molecule has 0 bridgehead atoms. The number of morpholine rings is 1. The average Bonchev–Trinajstić information content (AvgIpc) is 2.75. The fourth-order valence-electron chi connectivity index (χ4n) is 3.24. The highest BCUT2D eigenvalue weighted by Gasteiger charge is 2.10. The SMILES string of the molecule is Cl.Cl.Fc1ccc(Nc2ncnc3cc(OCCCN4CCOCC4)ccc23)cc1Cl. The van der Waals surface area contributed by atoms with E-state index in [2.05, 4.69) is 20.2 Å². The van der Waals surface area contributed by atoms with E-state index >= 15 is 0 Å². The maximum absolute atomic E-state index is 13.4. The van der Waals surface area contributed by atoms with Crippen molar-refractivity contribution in [3.05, 3.63) is 53.6 Å². The van der Waals surface area contributed by atoms with Gasteiger partial charge in [-0.3, -0.25) is 4.90 Å². The highest BCUT2D eigenvalue weighted by Crippen LogP contribution is 2.28. The van der Waals surface area contributed by atoms with Crippen LogP contribution in [0.15, 0.2) is 42.7 Å². The van der Waals surface area contributed by atoms with E-state index in [4.69, 9.17) is 21.1 Å². The number of nitrogens with one attached hydrogen (secondary N) is 1. The minimum Gasteiger partial charge on any atom is -0.493 e. The molecule has 2 heterocycles. The third-order valence-electron chi connectivity index (χ3n) is 4.78. The van der Waals surface area contributed by atoms with E-state index in [1.807, 2.05) is 18.2 Å². The lowest BCUT2D eigenvalue weighted by Gasteiger charge is -2.26. The third-order valence-corrected chi connectivity index (χ3v) is 5.07. The van der Waals surface area contributed by atoms with Crippen LogP contribution in [0.4, 0.5) is 15.9 Å². The van der Waals surface area contributed by atoms with Crippen LogP contribution in [-0.2, 0) is 4.74 Å². The molecule has 0 radical (unpaired) electrons. The summed E-state index contributed by atoms with van der Waals surface area (Å²) in [6, 6.07) is 10.2. The van der Waals surface area contributed by atoms with Gasteiger partial charge in [0.15, 0.2) is 0 Å². The zero-order chi connectivity index (χ0) is 20.1. The normalized spacial score (nSPS) is 13.9. The Kier molecular flexibility index (Phi) is 9.99. The molecule has 4 rings (SSSR count). The van der Waals surface area contributed by atoms with E-state index in [9.17, 15) is 4.39 Å². The predicted octanol–water partition coefficient (Wildman–Crippen LogP) is 5.11. The topological polar surface area (TPSA) is 59.5 Å². The van der Waals surface area contributed by atoms with Gasteiger partial charge in [-0.05, 0) is 36.8 Å². The molecule has 3 aromatic rings. The molecule has 168 valence electrons. The second-order valence-corrected chi connectivity index (χ2v) is 7.22. The Morgan fingerprint density at radius 3 is 2.68 bits per heavy atom. The number of anilines is 2. The third kappa shape index (κ3) is 6.79. The van der Waals surface area contributed by atoms with Gasteiger partial charge in [-0.1, -0.05) is 11.6 Å². The fraction of sp³-hybridized carbons (Fsp3) is 0.333. The molecule has 2 aromatic carbocycles. The van der Waals surface area contributed by atoms with Gasteiger partial charge in [0.1, 0.15) is 23.7 Å². The van der Waals surface area contributed by atoms with Crippen molar-refractivity contribution in [3.8, 4) is 5.75 Å². The maximum atomic E-state index is 13.4. The van der Waals surface area contributed by atoms with E-state index < -0.39 is 5.82 Å². The van der Waals surface area contributed by atoms with Gasteiger partial charge in [-0.15, -0.1) is 24.8 Å². The lowest BCUT2D eigenvalue weighted by Crippen LogP contribution is -2.37. The highest BCUT2D eigenvalue weighted by molar-refractivity contribution is 6.31. The molecule has 1 N–H and O–H groups in total. The van der Waals surface area contributed by atoms with Crippen LogP contribution in [-0.4, -0.2) is 54.3 Å². The van der Waals surface area contributed by atoms with Gasteiger partial charge in [0, 0.05) is 36.8 Å². The minimum absolute atomic E-state index is 0. The Balaban J connectivity index is 0.00000171. The summed E-state index contributed by atoms with van der Waals surface area (Å²) in [5, 5.41) is 4.06. The van der Waals surface area contributed by atoms with Gasteiger partial charge in [-0.2, -0.15) is 0 Å². The highest BCUT2D eigenvalue weighted by atomic mass is 35.5. The Morgan fingerprint density at radius 1 is 1.10 bits per heavy atom.